The molecule has 0 heterocycles. The molecule has 0 bridgehead atoms. The summed E-state index contributed by atoms with van der Waals surface area (Å²) >= 11 is 0. The number of hydrogen-bond acceptors (Lipinski definition) is 6. The highest BCUT2D eigenvalue weighted by Crippen LogP contribution is 2.35. The Kier molecular flexibility index (Phi) is 6.24. The Morgan fingerprint density at radius 1 is 1.22 bits per heavy atom. The first-order chi connectivity index (χ1) is 12.7. The van der Waals surface area contributed by atoms with E-state index in [0.29, 0.717) is 0 Å². The van der Waals surface area contributed by atoms with Gasteiger partial charge in [-0.15, -0.1) is 0 Å². The molecule has 0 aromatic heterocycles. The number of halogens is 5. The van der Waals surface area contributed by atoms with Crippen molar-refractivity contribution in [1.82, 2.24) is 5.32 Å². The van der Waals surface area contributed by atoms with Gasteiger partial charge in [0.05, 0.1) is 17.9 Å². The van der Waals surface area contributed by atoms with E-state index in [4.69, 9.17) is 5.73 Å². The van der Waals surface area contributed by atoms with Gasteiger partial charge in [-0.1, -0.05) is 0 Å². The lowest BCUT2D eigenvalue weighted by Crippen LogP contribution is -2.23. The van der Waals surface area contributed by atoms with Gasteiger partial charge in [-0.2, -0.15) is 13.2 Å². The van der Waals surface area contributed by atoms with Crippen molar-refractivity contribution in [3.63, 3.8) is 0 Å². The lowest BCUT2D eigenvalue weighted by atomic mass is 10.0. The smallest absolute Gasteiger partial charge is 0.387 e. The van der Waals surface area contributed by atoms with E-state index in [9.17, 15) is 31.5 Å². The number of nitrogens with two attached hydrogens (primary N) is 1. The number of ketones is 1. The van der Waals surface area contributed by atoms with E-state index in [2.05, 4.69) is 14.8 Å². The van der Waals surface area contributed by atoms with E-state index in [-0.39, 0.29) is 12.6 Å². The van der Waals surface area contributed by atoms with Crippen LogP contribution in [0.1, 0.15) is 30.1 Å². The summed E-state index contributed by atoms with van der Waals surface area (Å²) < 4.78 is 75.0. The molecule has 3 N–H and O–H groups in total. The highest BCUT2D eigenvalue weighted by atomic mass is 19.3. The number of rotatable bonds is 8. The molecule has 0 saturated heterocycles. The first-order valence-corrected chi connectivity index (χ1v) is 7.77. The summed E-state index contributed by atoms with van der Waals surface area (Å²) in [5, 5.41) is 2.69. The summed E-state index contributed by atoms with van der Waals surface area (Å²) in [6, 6.07) is -0.0212. The number of ether oxygens (including phenoxy) is 2. The van der Waals surface area contributed by atoms with Crippen LogP contribution >= 0.6 is 0 Å². The van der Waals surface area contributed by atoms with Crippen LogP contribution in [0.3, 0.4) is 0 Å². The molecule has 0 unspecified atom stereocenters. The zero-order valence-corrected chi connectivity index (χ0v) is 14.0. The third-order valence-corrected chi connectivity index (χ3v) is 3.53. The molecule has 0 radical (unpaired) electrons. The molecule has 1 aliphatic carbocycles. The van der Waals surface area contributed by atoms with Gasteiger partial charge in [0.1, 0.15) is 5.57 Å². The minimum absolute atomic E-state index is 0.0212. The number of nitrogens with one attached hydrogen (secondary N) is 1. The monoisotopic (exact) mass is 394 g/mol. The van der Waals surface area contributed by atoms with E-state index in [1.165, 1.54) is 6.92 Å². The minimum atomic E-state index is -3.70. The van der Waals surface area contributed by atoms with Crippen molar-refractivity contribution in [2.24, 2.45) is 0 Å². The second-order valence-electron chi connectivity index (χ2n) is 5.49. The zero-order valence-electron chi connectivity index (χ0n) is 14.0. The SMILES string of the molecule is CCOC(=O)/C(=C/NC1CC1)C(=O)c1c(N)c(F)c(F)c(OC(F)F)c1F. The maximum Gasteiger partial charge on any atom is 0.387 e. The van der Waals surface area contributed by atoms with Gasteiger partial charge >= 0.3 is 12.6 Å². The number of carbonyl (C=O) groups excluding carboxylic acids is 2. The maximum atomic E-state index is 14.4. The first-order valence-electron chi connectivity index (χ1n) is 7.77. The van der Waals surface area contributed by atoms with Gasteiger partial charge in [0.2, 0.25) is 17.3 Å². The summed E-state index contributed by atoms with van der Waals surface area (Å²) in [6.45, 7) is -2.39. The minimum Gasteiger partial charge on any atom is -0.462 e. The van der Waals surface area contributed by atoms with Crippen LogP contribution in [0.4, 0.5) is 27.6 Å². The molecule has 0 atom stereocenters. The Hall–Kier alpha value is -2.85. The van der Waals surface area contributed by atoms with Crippen molar-refractivity contribution >= 4 is 17.4 Å². The van der Waals surface area contributed by atoms with Gasteiger partial charge in [0.25, 0.3) is 0 Å². The molecule has 6 nitrogen and oxygen atoms in total. The van der Waals surface area contributed by atoms with Gasteiger partial charge in [0, 0.05) is 12.2 Å². The second-order valence-corrected chi connectivity index (χ2v) is 5.49. The van der Waals surface area contributed by atoms with Crippen molar-refractivity contribution in [3.05, 3.63) is 34.8 Å². The molecule has 1 fully saturated rings. The number of hydrogen-bond donors (Lipinski definition) is 2. The third kappa shape index (κ3) is 4.47. The van der Waals surface area contributed by atoms with Crippen LogP contribution in [0, 0.1) is 17.5 Å². The average molecular weight is 394 g/mol. The first kappa shape index (κ1) is 20.5. The molecule has 27 heavy (non-hydrogen) atoms. The Balaban J connectivity index is 2.55. The molecule has 0 amide bonds. The largest absolute Gasteiger partial charge is 0.462 e. The van der Waals surface area contributed by atoms with Crippen LogP contribution < -0.4 is 15.8 Å². The van der Waals surface area contributed by atoms with Crippen molar-refractivity contribution in [2.75, 3.05) is 12.3 Å². The average Bonchev–Trinajstić information content (AvgIpc) is 3.41. The molecule has 0 aliphatic heterocycles. The number of esters is 1. The van der Waals surface area contributed by atoms with Gasteiger partial charge in [-0.25, -0.2) is 13.6 Å². The molecular weight excluding hydrogens is 379 g/mol. The van der Waals surface area contributed by atoms with E-state index in [1.54, 1.807) is 0 Å². The fourth-order valence-corrected chi connectivity index (χ4v) is 2.08. The van der Waals surface area contributed by atoms with E-state index >= 15 is 0 Å². The normalized spacial score (nSPS) is 14.3. The Morgan fingerprint density at radius 2 is 1.85 bits per heavy atom. The standard InChI is InChI=1S/C16H15F5N2O4/c1-2-26-15(25)7(5-23-6-3-4-6)13(24)8-9(17)14(27-16(20)21)11(19)10(18)12(8)22/h5-6,16,23H,2-4,22H2,1H3/b7-5+. The molecule has 2 rings (SSSR count). The highest BCUT2D eigenvalue weighted by Gasteiger charge is 2.34. The van der Waals surface area contributed by atoms with E-state index in [0.717, 1.165) is 19.0 Å². The predicted molar refractivity (Wildman–Crippen MR) is 82.6 cm³/mol. The second kappa shape index (κ2) is 8.23. The zero-order chi connectivity index (χ0) is 20.3. The van der Waals surface area contributed by atoms with Crippen molar-refractivity contribution in [3.8, 4) is 5.75 Å². The van der Waals surface area contributed by atoms with E-state index in [1.807, 2.05) is 0 Å². The summed E-state index contributed by atoms with van der Waals surface area (Å²) in [5.41, 5.74) is 1.87. The summed E-state index contributed by atoms with van der Waals surface area (Å²) in [5.74, 6) is -10.5. The van der Waals surface area contributed by atoms with Crippen LogP contribution in [0.15, 0.2) is 11.8 Å². The van der Waals surface area contributed by atoms with Crippen molar-refractivity contribution in [1.29, 1.82) is 0 Å². The van der Waals surface area contributed by atoms with E-state index < -0.39 is 58.4 Å². The van der Waals surface area contributed by atoms with Crippen molar-refractivity contribution in [2.45, 2.75) is 32.4 Å². The predicted octanol–water partition coefficient (Wildman–Crippen LogP) is 2.67. The van der Waals surface area contributed by atoms with Crippen LogP contribution in [0.5, 0.6) is 5.75 Å². The number of nitrogen functional groups attached to an aromatic ring is 1. The molecule has 1 aliphatic rings. The molecular formula is C16H15F5N2O4. The quantitative estimate of drug-likeness (QED) is 0.103. The number of benzene rings is 1. The van der Waals surface area contributed by atoms with Crippen LogP contribution in [0.2, 0.25) is 0 Å². The fourth-order valence-electron chi connectivity index (χ4n) is 2.08. The third-order valence-electron chi connectivity index (χ3n) is 3.53. The molecule has 1 aromatic carbocycles. The highest BCUT2D eigenvalue weighted by molar-refractivity contribution is 6.25. The topological polar surface area (TPSA) is 90.7 Å². The number of Topliss-reactive ketones (excluding diaryl/α,β-unsaturated/α-hetero) is 1. The van der Waals surface area contributed by atoms with Gasteiger partial charge in [-0.3, -0.25) is 4.79 Å². The Morgan fingerprint density at radius 3 is 2.37 bits per heavy atom. The number of carbonyl (C=O) groups is 2. The summed E-state index contributed by atoms with van der Waals surface area (Å²) in [4.78, 5) is 24.6. The number of alkyl halides is 2. The number of anilines is 1. The van der Waals surface area contributed by atoms with Crippen LogP contribution in [-0.2, 0) is 9.53 Å². The van der Waals surface area contributed by atoms with Gasteiger partial charge in [0.15, 0.2) is 11.6 Å². The molecule has 11 heteroatoms. The molecule has 0 spiro atoms. The van der Waals surface area contributed by atoms with Crippen LogP contribution in [0.25, 0.3) is 0 Å². The Labute approximate surface area is 150 Å². The molecule has 1 saturated carbocycles. The van der Waals surface area contributed by atoms with Crippen molar-refractivity contribution < 1.29 is 41.0 Å². The summed E-state index contributed by atoms with van der Waals surface area (Å²) in [6.07, 6.45) is 2.45. The Bertz CT molecular complexity index is 794. The molecule has 148 valence electrons. The van der Waals surface area contributed by atoms with Crippen LogP contribution in [-0.4, -0.2) is 31.0 Å². The van der Waals surface area contributed by atoms with Gasteiger partial charge < -0.3 is 20.5 Å². The lowest BCUT2D eigenvalue weighted by molar-refractivity contribution is -0.138. The maximum absolute atomic E-state index is 14.4. The van der Waals surface area contributed by atoms with Gasteiger partial charge in [-0.05, 0) is 19.8 Å². The molecule has 1 aromatic rings. The lowest BCUT2D eigenvalue weighted by Gasteiger charge is -2.14. The summed E-state index contributed by atoms with van der Waals surface area (Å²) in [7, 11) is 0. The fraction of sp³-hybridized carbons (Fsp3) is 0.375.